The van der Waals surface area contributed by atoms with Gasteiger partial charge in [-0.25, -0.2) is 8.42 Å². The predicted octanol–water partition coefficient (Wildman–Crippen LogP) is 2.10. The molecule has 0 spiro atoms. The lowest BCUT2D eigenvalue weighted by Gasteiger charge is -2.33. The monoisotopic (exact) mass is 472 g/mol. The minimum absolute atomic E-state index is 0.0604. The van der Waals surface area contributed by atoms with Crippen molar-refractivity contribution in [1.29, 1.82) is 0 Å². The number of hydrogen-bond donors (Lipinski definition) is 1. The second kappa shape index (κ2) is 10.8. The van der Waals surface area contributed by atoms with Crippen molar-refractivity contribution in [2.24, 2.45) is 0 Å². The highest BCUT2D eigenvalue weighted by atomic mass is 32.2. The number of amides is 2. The molecule has 1 aliphatic heterocycles. The molecular weight excluding hydrogens is 440 g/mol. The van der Waals surface area contributed by atoms with Crippen LogP contribution >= 0.6 is 0 Å². The molecule has 0 radical (unpaired) electrons. The van der Waals surface area contributed by atoms with E-state index in [2.05, 4.69) is 23.2 Å². The molecule has 2 aromatic rings. The Morgan fingerprint density at radius 1 is 1.03 bits per heavy atom. The molecule has 8 nitrogen and oxygen atoms in total. The molecule has 0 atom stereocenters. The number of carbonyl (C=O) groups is 2. The number of benzene rings is 2. The Kier molecular flexibility index (Phi) is 8.10. The summed E-state index contributed by atoms with van der Waals surface area (Å²) in [6.07, 6.45) is 0. The van der Waals surface area contributed by atoms with E-state index in [4.69, 9.17) is 0 Å². The zero-order chi connectivity index (χ0) is 24.0. The summed E-state index contributed by atoms with van der Waals surface area (Å²) in [5.74, 6) is -0.372. The Morgan fingerprint density at radius 3 is 2.36 bits per heavy atom. The quantitative estimate of drug-likeness (QED) is 0.636. The molecule has 1 saturated heterocycles. The van der Waals surface area contributed by atoms with Crippen LogP contribution in [-0.4, -0.2) is 75.3 Å². The first-order chi connectivity index (χ1) is 15.7. The molecule has 0 saturated carbocycles. The molecule has 3 rings (SSSR count). The fraction of sp³-hybridized carbons (Fsp3) is 0.417. The van der Waals surface area contributed by atoms with Crippen LogP contribution in [0.25, 0.3) is 0 Å². The van der Waals surface area contributed by atoms with Crippen LogP contribution in [0.3, 0.4) is 0 Å². The van der Waals surface area contributed by atoms with Gasteiger partial charge in [-0.15, -0.1) is 0 Å². The van der Waals surface area contributed by atoms with E-state index in [9.17, 15) is 18.0 Å². The van der Waals surface area contributed by atoms with Crippen molar-refractivity contribution in [3.63, 3.8) is 0 Å². The fourth-order valence-electron chi connectivity index (χ4n) is 3.89. The van der Waals surface area contributed by atoms with Crippen LogP contribution in [0.4, 0.5) is 5.69 Å². The molecule has 33 heavy (non-hydrogen) atoms. The summed E-state index contributed by atoms with van der Waals surface area (Å²) in [5, 5.41) is 2.89. The smallest absolute Gasteiger partial charge is 0.251 e. The maximum absolute atomic E-state index is 13.0. The van der Waals surface area contributed by atoms with Gasteiger partial charge in [-0.1, -0.05) is 18.2 Å². The highest BCUT2D eigenvalue weighted by Crippen LogP contribution is 2.19. The van der Waals surface area contributed by atoms with Crippen molar-refractivity contribution in [1.82, 2.24) is 14.5 Å². The third-order valence-corrected chi connectivity index (χ3v) is 7.73. The van der Waals surface area contributed by atoms with Gasteiger partial charge in [0.2, 0.25) is 15.9 Å². The minimum atomic E-state index is -3.74. The molecule has 178 valence electrons. The van der Waals surface area contributed by atoms with E-state index in [0.29, 0.717) is 31.7 Å². The topological polar surface area (TPSA) is 90.0 Å². The summed E-state index contributed by atoms with van der Waals surface area (Å²) < 4.78 is 27.5. The van der Waals surface area contributed by atoms with Crippen LogP contribution in [0.2, 0.25) is 0 Å². The van der Waals surface area contributed by atoms with Gasteiger partial charge in [-0.05, 0) is 49.7 Å². The Bertz CT molecular complexity index is 1100. The third-order valence-electron chi connectivity index (χ3n) is 5.83. The lowest BCUT2D eigenvalue weighted by Crippen LogP contribution is -2.49. The summed E-state index contributed by atoms with van der Waals surface area (Å²) in [6.45, 7) is 8.69. The van der Waals surface area contributed by atoms with Crippen LogP contribution in [0.15, 0.2) is 53.4 Å². The molecule has 0 aliphatic carbocycles. The third kappa shape index (κ3) is 6.11. The second-order valence-electron chi connectivity index (χ2n) is 8.11. The molecule has 2 aromatic carbocycles. The zero-order valence-corrected chi connectivity index (χ0v) is 20.3. The predicted molar refractivity (Wildman–Crippen MR) is 129 cm³/mol. The number of likely N-dealkylation sites (N-methyl/N-ethyl adjacent to an activating group) is 1. The Labute approximate surface area is 196 Å². The number of anilines is 1. The maximum Gasteiger partial charge on any atom is 0.251 e. The fourth-order valence-corrected chi connectivity index (χ4v) is 5.36. The van der Waals surface area contributed by atoms with Crippen LogP contribution < -0.4 is 10.2 Å². The van der Waals surface area contributed by atoms with Gasteiger partial charge in [-0.3, -0.25) is 9.59 Å². The van der Waals surface area contributed by atoms with E-state index in [0.717, 1.165) is 12.2 Å². The van der Waals surface area contributed by atoms with Crippen LogP contribution in [0, 0.1) is 6.92 Å². The maximum atomic E-state index is 13.0. The zero-order valence-electron chi connectivity index (χ0n) is 19.5. The molecule has 1 N–H and O–H groups in total. The normalized spacial score (nSPS) is 14.7. The van der Waals surface area contributed by atoms with E-state index in [1.165, 1.54) is 28.9 Å². The van der Waals surface area contributed by atoms with Gasteiger partial charge in [-0.2, -0.15) is 4.31 Å². The summed E-state index contributed by atoms with van der Waals surface area (Å²) >= 11 is 0. The van der Waals surface area contributed by atoms with Gasteiger partial charge < -0.3 is 15.1 Å². The van der Waals surface area contributed by atoms with Crippen LogP contribution in [0.1, 0.15) is 29.8 Å². The molecule has 1 fully saturated rings. The molecular formula is C24H32N4O4S. The number of sulfonamides is 1. The van der Waals surface area contributed by atoms with Crippen molar-refractivity contribution < 1.29 is 18.0 Å². The standard InChI is InChI=1S/C24H32N4O4S/c1-4-26(22-9-5-7-19(2)17-22)12-11-25-24(30)21-8-6-10-23(18-21)33(31,32)28-15-13-27(14-16-28)20(3)29/h5-10,17-18H,4,11-16H2,1-3H3,(H,25,30). The Hall–Kier alpha value is -2.91. The first-order valence-electron chi connectivity index (χ1n) is 11.2. The summed E-state index contributed by atoms with van der Waals surface area (Å²) in [5.41, 5.74) is 2.58. The molecule has 1 heterocycles. The van der Waals surface area contributed by atoms with E-state index in [1.54, 1.807) is 17.0 Å². The van der Waals surface area contributed by atoms with Gasteiger partial charge in [0.1, 0.15) is 0 Å². The molecule has 0 unspecified atom stereocenters. The summed E-state index contributed by atoms with van der Waals surface area (Å²) in [4.78, 5) is 28.1. The van der Waals surface area contributed by atoms with Gasteiger partial charge in [0.15, 0.2) is 0 Å². The highest BCUT2D eigenvalue weighted by Gasteiger charge is 2.29. The Balaban J connectivity index is 1.61. The number of nitrogens with one attached hydrogen (secondary N) is 1. The number of aryl methyl sites for hydroxylation is 1. The van der Waals surface area contributed by atoms with Crippen LogP contribution in [-0.2, 0) is 14.8 Å². The number of rotatable bonds is 8. The number of hydrogen-bond acceptors (Lipinski definition) is 5. The lowest BCUT2D eigenvalue weighted by atomic mass is 10.2. The number of nitrogens with zero attached hydrogens (tertiary/aromatic N) is 3. The van der Waals surface area contributed by atoms with Crippen molar-refractivity contribution in [3.05, 3.63) is 59.7 Å². The van der Waals surface area contributed by atoms with Crippen molar-refractivity contribution in [2.75, 3.05) is 50.7 Å². The second-order valence-corrected chi connectivity index (χ2v) is 10.1. The van der Waals surface area contributed by atoms with E-state index < -0.39 is 10.0 Å². The average Bonchev–Trinajstić information content (AvgIpc) is 2.82. The molecule has 1 aliphatic rings. The van der Waals surface area contributed by atoms with Gasteiger partial charge in [0, 0.05) is 64.0 Å². The SMILES string of the molecule is CCN(CCNC(=O)c1cccc(S(=O)(=O)N2CCN(C(C)=O)CC2)c1)c1cccc(C)c1. The van der Waals surface area contributed by atoms with Gasteiger partial charge >= 0.3 is 0 Å². The largest absolute Gasteiger partial charge is 0.370 e. The first kappa shape index (κ1) is 24.7. The summed E-state index contributed by atoms with van der Waals surface area (Å²) in [6, 6.07) is 14.3. The summed E-state index contributed by atoms with van der Waals surface area (Å²) in [7, 11) is -3.74. The van der Waals surface area contributed by atoms with E-state index >= 15 is 0 Å². The minimum Gasteiger partial charge on any atom is -0.370 e. The molecule has 9 heteroatoms. The number of piperazine rings is 1. The first-order valence-corrected chi connectivity index (χ1v) is 12.6. The van der Waals surface area contributed by atoms with Crippen molar-refractivity contribution in [2.45, 2.75) is 25.7 Å². The molecule has 0 aromatic heterocycles. The van der Waals surface area contributed by atoms with Crippen LogP contribution in [0.5, 0.6) is 0 Å². The van der Waals surface area contributed by atoms with Gasteiger partial charge in [0.25, 0.3) is 5.91 Å². The highest BCUT2D eigenvalue weighted by molar-refractivity contribution is 7.89. The van der Waals surface area contributed by atoms with E-state index in [-0.39, 0.29) is 29.8 Å². The lowest BCUT2D eigenvalue weighted by molar-refractivity contribution is -0.129. The average molecular weight is 473 g/mol. The van der Waals surface area contributed by atoms with Crippen molar-refractivity contribution >= 4 is 27.5 Å². The van der Waals surface area contributed by atoms with Gasteiger partial charge in [0.05, 0.1) is 4.90 Å². The molecule has 2 amide bonds. The van der Waals surface area contributed by atoms with Crippen molar-refractivity contribution in [3.8, 4) is 0 Å². The molecule has 0 bridgehead atoms. The number of carbonyl (C=O) groups excluding carboxylic acids is 2. The van der Waals surface area contributed by atoms with E-state index in [1.807, 2.05) is 25.1 Å². The Morgan fingerprint density at radius 2 is 1.73 bits per heavy atom.